The third-order valence-electron chi connectivity index (χ3n) is 5.01. The van der Waals surface area contributed by atoms with Gasteiger partial charge in [0.15, 0.2) is 5.78 Å². The fraction of sp³-hybridized carbons (Fsp3) is 0.409. The Morgan fingerprint density at radius 2 is 1.73 bits per heavy atom. The van der Waals surface area contributed by atoms with Crippen LogP contribution in [0.1, 0.15) is 35.7 Å². The van der Waals surface area contributed by atoms with E-state index in [1.807, 2.05) is 56.6 Å². The summed E-state index contributed by atoms with van der Waals surface area (Å²) in [6, 6.07) is 17.8. The molecule has 0 amide bonds. The predicted molar refractivity (Wildman–Crippen MR) is 108 cm³/mol. The van der Waals surface area contributed by atoms with Crippen LogP contribution < -0.4 is 5.32 Å². The number of Topliss-reactive ketones (excluding diaryl/α,β-unsaturated/α-hetero) is 1. The van der Waals surface area contributed by atoms with Gasteiger partial charge in [0, 0.05) is 24.4 Å². The number of ketones is 1. The smallest absolute Gasteiger partial charge is 0.183 e. The summed E-state index contributed by atoms with van der Waals surface area (Å²) in [5, 5.41) is 12.1. The molecule has 0 saturated carbocycles. The molecule has 0 aliphatic heterocycles. The lowest BCUT2D eigenvalue weighted by Gasteiger charge is -2.38. The molecule has 0 bridgehead atoms. The van der Waals surface area contributed by atoms with Gasteiger partial charge in [0.05, 0.1) is 5.54 Å². The van der Waals surface area contributed by atoms with Crippen molar-refractivity contribution in [2.45, 2.75) is 31.7 Å². The normalized spacial score (nSPS) is 13.4. The van der Waals surface area contributed by atoms with E-state index in [1.54, 1.807) is 0 Å². The molecule has 140 valence electrons. The van der Waals surface area contributed by atoms with Gasteiger partial charge in [-0.2, -0.15) is 0 Å². The molecule has 1 atom stereocenters. The van der Waals surface area contributed by atoms with Crippen molar-refractivity contribution in [3.05, 3.63) is 65.7 Å². The minimum atomic E-state index is -0.562. The fourth-order valence-corrected chi connectivity index (χ4v) is 3.30. The Hall–Kier alpha value is -2.17. The predicted octanol–water partition coefficient (Wildman–Crippen LogP) is 3.62. The van der Waals surface area contributed by atoms with Crippen LogP contribution in [-0.4, -0.2) is 48.6 Å². The molecule has 0 heterocycles. The first-order chi connectivity index (χ1) is 12.5. The SMILES string of the molecule is CCC(Cc1ccccc1)(C(=O)c1ccc(NCCCO)cc1)N(C)C. The molecular weight excluding hydrogens is 324 g/mol. The molecule has 0 aliphatic carbocycles. The molecule has 0 spiro atoms. The van der Waals surface area contributed by atoms with Gasteiger partial charge in [0.25, 0.3) is 0 Å². The number of carbonyl (C=O) groups excluding carboxylic acids is 1. The van der Waals surface area contributed by atoms with Crippen LogP contribution in [0, 0.1) is 0 Å². The van der Waals surface area contributed by atoms with E-state index in [2.05, 4.69) is 29.3 Å². The van der Waals surface area contributed by atoms with Crippen molar-refractivity contribution in [1.82, 2.24) is 4.90 Å². The zero-order chi connectivity index (χ0) is 19.0. The molecule has 2 aromatic carbocycles. The van der Waals surface area contributed by atoms with Gasteiger partial charge in [-0.3, -0.25) is 9.69 Å². The lowest BCUT2D eigenvalue weighted by molar-refractivity contribution is 0.0666. The Bertz CT molecular complexity index is 683. The van der Waals surface area contributed by atoms with Crippen LogP contribution >= 0.6 is 0 Å². The summed E-state index contributed by atoms with van der Waals surface area (Å²) in [4.78, 5) is 15.5. The first-order valence-corrected chi connectivity index (χ1v) is 9.24. The van der Waals surface area contributed by atoms with Crippen molar-refractivity contribution >= 4 is 11.5 Å². The molecule has 4 nitrogen and oxygen atoms in total. The highest BCUT2D eigenvalue weighted by molar-refractivity contribution is 6.03. The highest BCUT2D eigenvalue weighted by Crippen LogP contribution is 2.28. The van der Waals surface area contributed by atoms with E-state index in [-0.39, 0.29) is 12.4 Å². The van der Waals surface area contributed by atoms with Crippen LogP contribution in [0.2, 0.25) is 0 Å². The van der Waals surface area contributed by atoms with Crippen LogP contribution in [0.5, 0.6) is 0 Å². The van der Waals surface area contributed by atoms with Crippen molar-refractivity contribution in [2.24, 2.45) is 0 Å². The number of rotatable bonds is 10. The molecule has 2 N–H and O–H groups in total. The van der Waals surface area contributed by atoms with Gasteiger partial charge in [0.2, 0.25) is 0 Å². The van der Waals surface area contributed by atoms with E-state index >= 15 is 0 Å². The number of aliphatic hydroxyl groups excluding tert-OH is 1. The number of hydrogen-bond acceptors (Lipinski definition) is 4. The van der Waals surface area contributed by atoms with E-state index in [9.17, 15) is 4.79 Å². The number of nitrogens with zero attached hydrogens (tertiary/aromatic N) is 1. The summed E-state index contributed by atoms with van der Waals surface area (Å²) >= 11 is 0. The molecule has 2 rings (SSSR count). The molecule has 0 aliphatic rings. The molecule has 4 heteroatoms. The molecule has 0 saturated heterocycles. The van der Waals surface area contributed by atoms with Gasteiger partial charge in [-0.05, 0) is 63.2 Å². The van der Waals surface area contributed by atoms with Crippen molar-refractivity contribution < 1.29 is 9.90 Å². The van der Waals surface area contributed by atoms with Crippen LogP contribution in [-0.2, 0) is 6.42 Å². The number of hydrogen-bond donors (Lipinski definition) is 2. The molecule has 1 unspecified atom stereocenters. The minimum absolute atomic E-state index is 0.149. The average Bonchev–Trinajstić information content (AvgIpc) is 2.67. The quantitative estimate of drug-likeness (QED) is 0.505. The second kappa shape index (κ2) is 9.51. The van der Waals surface area contributed by atoms with E-state index in [1.165, 1.54) is 5.56 Å². The average molecular weight is 354 g/mol. The first kappa shape index (κ1) is 20.1. The van der Waals surface area contributed by atoms with E-state index in [0.717, 1.165) is 17.7 Å². The number of nitrogens with one attached hydrogen (secondary N) is 1. The summed E-state index contributed by atoms with van der Waals surface area (Å²) in [7, 11) is 3.96. The number of benzene rings is 2. The summed E-state index contributed by atoms with van der Waals surface area (Å²) in [6.07, 6.45) is 2.13. The summed E-state index contributed by atoms with van der Waals surface area (Å²) in [5.74, 6) is 0.149. The maximum Gasteiger partial charge on any atom is 0.183 e. The van der Waals surface area contributed by atoms with Gasteiger partial charge in [0.1, 0.15) is 0 Å². The summed E-state index contributed by atoms with van der Waals surface area (Å²) in [5.41, 5.74) is 2.29. The van der Waals surface area contributed by atoms with Gasteiger partial charge < -0.3 is 10.4 Å². The molecule has 0 radical (unpaired) electrons. The first-order valence-electron chi connectivity index (χ1n) is 9.24. The summed E-state index contributed by atoms with van der Waals surface area (Å²) in [6.45, 7) is 2.96. The Kier molecular flexibility index (Phi) is 7.37. The summed E-state index contributed by atoms with van der Waals surface area (Å²) < 4.78 is 0. The lowest BCUT2D eigenvalue weighted by atomic mass is 9.80. The van der Waals surface area contributed by atoms with Gasteiger partial charge in [-0.1, -0.05) is 37.3 Å². The van der Waals surface area contributed by atoms with Crippen molar-refractivity contribution in [2.75, 3.05) is 32.6 Å². The van der Waals surface area contributed by atoms with Crippen LogP contribution in [0.15, 0.2) is 54.6 Å². The lowest BCUT2D eigenvalue weighted by Crippen LogP contribution is -2.52. The van der Waals surface area contributed by atoms with Crippen LogP contribution in [0.3, 0.4) is 0 Å². The van der Waals surface area contributed by atoms with Crippen molar-refractivity contribution in [3.8, 4) is 0 Å². The molecule has 26 heavy (non-hydrogen) atoms. The Labute approximate surface area is 156 Å². The minimum Gasteiger partial charge on any atom is -0.396 e. The van der Waals surface area contributed by atoms with E-state index in [0.29, 0.717) is 19.4 Å². The second-order valence-electron chi connectivity index (χ2n) is 6.85. The zero-order valence-electron chi connectivity index (χ0n) is 16.0. The molecule has 2 aromatic rings. The fourth-order valence-electron chi connectivity index (χ4n) is 3.30. The van der Waals surface area contributed by atoms with E-state index in [4.69, 9.17) is 5.11 Å². The maximum absolute atomic E-state index is 13.4. The second-order valence-corrected chi connectivity index (χ2v) is 6.85. The highest BCUT2D eigenvalue weighted by Gasteiger charge is 2.39. The molecule has 0 fully saturated rings. The van der Waals surface area contributed by atoms with E-state index < -0.39 is 5.54 Å². The van der Waals surface area contributed by atoms with Gasteiger partial charge in [-0.15, -0.1) is 0 Å². The van der Waals surface area contributed by atoms with Crippen molar-refractivity contribution in [3.63, 3.8) is 0 Å². The van der Waals surface area contributed by atoms with Gasteiger partial charge in [-0.25, -0.2) is 0 Å². The molecular formula is C22H30N2O2. The monoisotopic (exact) mass is 354 g/mol. The number of carbonyl (C=O) groups is 1. The molecule has 0 aromatic heterocycles. The van der Waals surface area contributed by atoms with Gasteiger partial charge >= 0.3 is 0 Å². The van der Waals surface area contributed by atoms with Crippen LogP contribution in [0.4, 0.5) is 5.69 Å². The Morgan fingerprint density at radius 3 is 2.27 bits per heavy atom. The Balaban J connectivity index is 2.23. The topological polar surface area (TPSA) is 52.6 Å². The third-order valence-corrected chi connectivity index (χ3v) is 5.01. The number of likely N-dealkylation sites (N-methyl/N-ethyl adjacent to an activating group) is 1. The van der Waals surface area contributed by atoms with Crippen molar-refractivity contribution in [1.29, 1.82) is 0 Å². The number of aliphatic hydroxyl groups is 1. The third kappa shape index (κ3) is 4.71. The standard InChI is InChI=1S/C22H30N2O2/c1-4-22(24(2)3,17-18-9-6-5-7-10-18)21(26)19-11-13-20(14-12-19)23-15-8-16-25/h5-7,9-14,23,25H,4,8,15-17H2,1-3H3. The largest absolute Gasteiger partial charge is 0.396 e. The zero-order valence-corrected chi connectivity index (χ0v) is 16.0. The maximum atomic E-state index is 13.4. The number of anilines is 1. The van der Waals surface area contributed by atoms with Crippen LogP contribution in [0.25, 0.3) is 0 Å². The highest BCUT2D eigenvalue weighted by atomic mass is 16.3. The Morgan fingerprint density at radius 1 is 1.08 bits per heavy atom.